The SMILES string of the molecule is CCNC(C)c1ccc(-n2nc(C)c(C)c2C)cc1. The van der Waals surface area contributed by atoms with E-state index in [4.69, 9.17) is 0 Å². The number of nitrogens with zero attached hydrogens (tertiary/aromatic N) is 2. The standard InChI is InChI=1S/C16H23N3/c1-6-17-13(4)15-7-9-16(10-8-15)19-14(5)11(2)12(3)18-19/h7-10,13,17H,6H2,1-5H3. The molecule has 2 rings (SSSR count). The predicted molar refractivity (Wildman–Crippen MR) is 79.9 cm³/mol. The van der Waals surface area contributed by atoms with Crippen LogP contribution in [0.1, 0.15) is 42.4 Å². The quantitative estimate of drug-likeness (QED) is 0.909. The predicted octanol–water partition coefficient (Wildman–Crippen LogP) is 3.47. The lowest BCUT2D eigenvalue weighted by Gasteiger charge is -2.13. The third-order valence-electron chi connectivity index (χ3n) is 3.80. The third-order valence-corrected chi connectivity index (χ3v) is 3.80. The van der Waals surface area contributed by atoms with Gasteiger partial charge in [-0.25, -0.2) is 4.68 Å². The molecule has 3 heteroatoms. The summed E-state index contributed by atoms with van der Waals surface area (Å²) < 4.78 is 2.02. The average molecular weight is 257 g/mol. The topological polar surface area (TPSA) is 29.9 Å². The molecule has 1 N–H and O–H groups in total. The second-order valence-electron chi connectivity index (χ2n) is 5.08. The van der Waals surface area contributed by atoms with Crippen LogP contribution in [0.4, 0.5) is 0 Å². The van der Waals surface area contributed by atoms with Gasteiger partial charge in [-0.1, -0.05) is 19.1 Å². The zero-order valence-electron chi connectivity index (χ0n) is 12.5. The van der Waals surface area contributed by atoms with Crippen LogP contribution in [0.2, 0.25) is 0 Å². The first-order chi connectivity index (χ1) is 9.04. The Kier molecular flexibility index (Phi) is 4.05. The first-order valence-electron chi connectivity index (χ1n) is 6.91. The lowest BCUT2D eigenvalue weighted by Crippen LogP contribution is -2.17. The van der Waals surface area contributed by atoms with E-state index in [0.29, 0.717) is 6.04 Å². The Labute approximate surface area is 115 Å². The molecule has 0 aliphatic heterocycles. The monoisotopic (exact) mass is 257 g/mol. The third kappa shape index (κ3) is 2.71. The van der Waals surface area contributed by atoms with E-state index in [0.717, 1.165) is 17.9 Å². The Morgan fingerprint density at radius 1 is 1.16 bits per heavy atom. The van der Waals surface area contributed by atoms with Crippen LogP contribution in [0.5, 0.6) is 0 Å². The fourth-order valence-corrected chi connectivity index (χ4v) is 2.30. The minimum absolute atomic E-state index is 0.390. The smallest absolute Gasteiger partial charge is 0.0649 e. The first-order valence-corrected chi connectivity index (χ1v) is 6.91. The molecule has 0 radical (unpaired) electrons. The number of hydrogen-bond donors (Lipinski definition) is 1. The van der Waals surface area contributed by atoms with E-state index in [9.17, 15) is 0 Å². The van der Waals surface area contributed by atoms with Gasteiger partial charge >= 0.3 is 0 Å². The number of benzene rings is 1. The van der Waals surface area contributed by atoms with E-state index in [2.05, 4.69) is 69.3 Å². The van der Waals surface area contributed by atoms with Gasteiger partial charge in [-0.15, -0.1) is 0 Å². The maximum atomic E-state index is 4.59. The van der Waals surface area contributed by atoms with Crippen LogP contribution >= 0.6 is 0 Å². The van der Waals surface area contributed by atoms with Crippen molar-refractivity contribution in [1.82, 2.24) is 15.1 Å². The lowest BCUT2D eigenvalue weighted by atomic mass is 10.1. The summed E-state index contributed by atoms with van der Waals surface area (Å²) >= 11 is 0. The van der Waals surface area contributed by atoms with Crippen LogP contribution in [-0.2, 0) is 0 Å². The van der Waals surface area contributed by atoms with Crippen molar-refractivity contribution in [3.05, 3.63) is 46.8 Å². The van der Waals surface area contributed by atoms with Crippen molar-refractivity contribution in [3.8, 4) is 5.69 Å². The molecule has 0 amide bonds. The fraction of sp³-hybridized carbons (Fsp3) is 0.438. The van der Waals surface area contributed by atoms with Crippen molar-refractivity contribution in [2.45, 2.75) is 40.7 Å². The molecule has 0 spiro atoms. The summed E-state index contributed by atoms with van der Waals surface area (Å²) in [4.78, 5) is 0. The number of aromatic nitrogens is 2. The van der Waals surface area contributed by atoms with Crippen LogP contribution < -0.4 is 5.32 Å². The van der Waals surface area contributed by atoms with E-state index in [1.807, 2.05) is 4.68 Å². The summed E-state index contributed by atoms with van der Waals surface area (Å²) in [6.07, 6.45) is 0. The minimum atomic E-state index is 0.390. The van der Waals surface area contributed by atoms with E-state index in [1.165, 1.54) is 16.8 Å². The number of rotatable bonds is 4. The Balaban J connectivity index is 2.30. The highest BCUT2D eigenvalue weighted by Crippen LogP contribution is 2.19. The molecular formula is C16H23N3. The minimum Gasteiger partial charge on any atom is -0.310 e. The van der Waals surface area contributed by atoms with Crippen LogP contribution in [0, 0.1) is 20.8 Å². The van der Waals surface area contributed by atoms with Gasteiger partial charge in [-0.3, -0.25) is 0 Å². The lowest BCUT2D eigenvalue weighted by molar-refractivity contribution is 0.598. The second-order valence-corrected chi connectivity index (χ2v) is 5.08. The largest absolute Gasteiger partial charge is 0.310 e. The van der Waals surface area contributed by atoms with Crippen LogP contribution in [0.15, 0.2) is 24.3 Å². The molecule has 2 aromatic rings. The van der Waals surface area contributed by atoms with Gasteiger partial charge in [-0.2, -0.15) is 5.10 Å². The Bertz CT molecular complexity index is 552. The van der Waals surface area contributed by atoms with Crippen molar-refractivity contribution in [2.75, 3.05) is 6.54 Å². The molecule has 0 fully saturated rings. The summed E-state index contributed by atoms with van der Waals surface area (Å²) in [5.74, 6) is 0. The van der Waals surface area contributed by atoms with Gasteiger partial charge in [0.05, 0.1) is 11.4 Å². The molecule has 102 valence electrons. The normalized spacial score (nSPS) is 12.7. The van der Waals surface area contributed by atoms with Crippen molar-refractivity contribution in [3.63, 3.8) is 0 Å². The van der Waals surface area contributed by atoms with Crippen molar-refractivity contribution in [2.24, 2.45) is 0 Å². The summed E-state index contributed by atoms with van der Waals surface area (Å²) in [5.41, 5.74) is 6.02. The molecule has 0 saturated carbocycles. The summed E-state index contributed by atoms with van der Waals surface area (Å²) in [6, 6.07) is 9.02. The average Bonchev–Trinajstić information content (AvgIpc) is 2.67. The summed E-state index contributed by atoms with van der Waals surface area (Å²) in [7, 11) is 0. The molecule has 0 bridgehead atoms. The van der Waals surface area contributed by atoms with Crippen LogP contribution in [-0.4, -0.2) is 16.3 Å². The zero-order chi connectivity index (χ0) is 14.0. The van der Waals surface area contributed by atoms with Crippen molar-refractivity contribution >= 4 is 0 Å². The Hall–Kier alpha value is -1.61. The van der Waals surface area contributed by atoms with Crippen LogP contribution in [0.3, 0.4) is 0 Å². The molecule has 1 aromatic carbocycles. The van der Waals surface area contributed by atoms with E-state index in [-0.39, 0.29) is 0 Å². The van der Waals surface area contributed by atoms with E-state index >= 15 is 0 Å². The molecule has 1 atom stereocenters. The van der Waals surface area contributed by atoms with Crippen molar-refractivity contribution < 1.29 is 0 Å². The molecule has 19 heavy (non-hydrogen) atoms. The molecule has 3 nitrogen and oxygen atoms in total. The van der Waals surface area contributed by atoms with Gasteiger partial charge in [0.2, 0.25) is 0 Å². The Morgan fingerprint density at radius 2 is 1.79 bits per heavy atom. The summed E-state index contributed by atoms with van der Waals surface area (Å²) in [5, 5.41) is 8.02. The number of aryl methyl sites for hydroxylation is 1. The molecule has 1 unspecified atom stereocenters. The van der Waals surface area contributed by atoms with Gasteiger partial charge in [0.1, 0.15) is 0 Å². The highest BCUT2D eigenvalue weighted by molar-refractivity contribution is 5.38. The molecule has 0 saturated heterocycles. The second kappa shape index (κ2) is 5.57. The first kappa shape index (κ1) is 13.8. The fourth-order valence-electron chi connectivity index (χ4n) is 2.30. The highest BCUT2D eigenvalue weighted by atomic mass is 15.3. The van der Waals surface area contributed by atoms with E-state index in [1.54, 1.807) is 0 Å². The molecular weight excluding hydrogens is 234 g/mol. The highest BCUT2D eigenvalue weighted by Gasteiger charge is 2.09. The van der Waals surface area contributed by atoms with Gasteiger partial charge in [-0.05, 0) is 57.5 Å². The summed E-state index contributed by atoms with van der Waals surface area (Å²) in [6.45, 7) is 11.6. The Morgan fingerprint density at radius 3 is 2.26 bits per heavy atom. The maximum absolute atomic E-state index is 4.59. The molecule has 0 aliphatic carbocycles. The molecule has 1 heterocycles. The van der Waals surface area contributed by atoms with Gasteiger partial charge in [0, 0.05) is 11.7 Å². The van der Waals surface area contributed by atoms with Gasteiger partial charge in [0.15, 0.2) is 0 Å². The maximum Gasteiger partial charge on any atom is 0.0649 e. The molecule has 1 aromatic heterocycles. The molecule has 0 aliphatic rings. The number of nitrogens with one attached hydrogen (secondary N) is 1. The number of hydrogen-bond acceptors (Lipinski definition) is 2. The zero-order valence-corrected chi connectivity index (χ0v) is 12.5. The van der Waals surface area contributed by atoms with E-state index < -0.39 is 0 Å². The van der Waals surface area contributed by atoms with Gasteiger partial charge in [0.25, 0.3) is 0 Å². The van der Waals surface area contributed by atoms with Crippen LogP contribution in [0.25, 0.3) is 5.69 Å². The van der Waals surface area contributed by atoms with Gasteiger partial charge < -0.3 is 5.32 Å². The van der Waals surface area contributed by atoms with Crippen molar-refractivity contribution in [1.29, 1.82) is 0 Å².